The number of nitrogens with zero attached hydrogens (tertiary/aromatic N) is 3. The van der Waals surface area contributed by atoms with Crippen molar-refractivity contribution in [1.82, 2.24) is 19.4 Å². The summed E-state index contributed by atoms with van der Waals surface area (Å²) < 4.78 is 1.69. The molecule has 0 fully saturated rings. The molecule has 15 heavy (non-hydrogen) atoms. The fourth-order valence-corrected chi connectivity index (χ4v) is 1.66. The van der Waals surface area contributed by atoms with Gasteiger partial charge in [-0.15, -0.1) is 0 Å². The van der Waals surface area contributed by atoms with Crippen LogP contribution in [0.1, 0.15) is 0 Å². The highest BCUT2D eigenvalue weighted by Gasteiger charge is 2.08. The van der Waals surface area contributed by atoms with Crippen LogP contribution < -0.4 is 5.56 Å². The SMILES string of the molecule is O=c1[nH]cnc2c1nc1ccc(Cl)cn12. The van der Waals surface area contributed by atoms with Crippen molar-refractivity contribution in [3.63, 3.8) is 0 Å². The summed E-state index contributed by atoms with van der Waals surface area (Å²) in [5.74, 6) is 0. The Kier molecular flexibility index (Phi) is 1.58. The minimum Gasteiger partial charge on any atom is -0.311 e. The Hall–Kier alpha value is -1.88. The largest absolute Gasteiger partial charge is 0.311 e. The molecule has 0 aliphatic carbocycles. The van der Waals surface area contributed by atoms with Gasteiger partial charge in [-0.1, -0.05) is 11.6 Å². The van der Waals surface area contributed by atoms with Crippen LogP contribution in [0.4, 0.5) is 0 Å². The summed E-state index contributed by atoms with van der Waals surface area (Å²) in [5.41, 5.74) is 1.23. The maximum atomic E-state index is 11.4. The van der Waals surface area contributed by atoms with Gasteiger partial charge in [-0.05, 0) is 12.1 Å². The second-order valence-corrected chi connectivity index (χ2v) is 3.53. The number of H-pyrrole nitrogens is 1. The van der Waals surface area contributed by atoms with Crippen LogP contribution in [0.3, 0.4) is 0 Å². The van der Waals surface area contributed by atoms with Crippen LogP contribution in [0.2, 0.25) is 5.02 Å². The summed E-state index contributed by atoms with van der Waals surface area (Å²) in [6.45, 7) is 0. The number of imidazole rings is 1. The molecule has 74 valence electrons. The van der Waals surface area contributed by atoms with Gasteiger partial charge in [0.2, 0.25) is 0 Å². The quantitative estimate of drug-likeness (QED) is 0.620. The van der Waals surface area contributed by atoms with Crippen LogP contribution >= 0.6 is 11.6 Å². The van der Waals surface area contributed by atoms with Gasteiger partial charge < -0.3 is 4.98 Å². The highest BCUT2D eigenvalue weighted by Crippen LogP contribution is 2.14. The van der Waals surface area contributed by atoms with Gasteiger partial charge in [-0.25, -0.2) is 9.97 Å². The molecule has 0 saturated heterocycles. The molecule has 0 aromatic carbocycles. The number of hydrogen-bond donors (Lipinski definition) is 1. The number of fused-ring (bicyclic) bond motifs is 3. The van der Waals surface area contributed by atoms with E-state index in [1.807, 2.05) is 0 Å². The zero-order valence-corrected chi connectivity index (χ0v) is 8.19. The monoisotopic (exact) mass is 220 g/mol. The van der Waals surface area contributed by atoms with Crippen LogP contribution in [-0.2, 0) is 0 Å². The van der Waals surface area contributed by atoms with E-state index in [-0.39, 0.29) is 5.56 Å². The molecule has 3 rings (SSSR count). The maximum Gasteiger partial charge on any atom is 0.278 e. The Balaban J connectivity index is 2.64. The van der Waals surface area contributed by atoms with Gasteiger partial charge >= 0.3 is 0 Å². The zero-order valence-electron chi connectivity index (χ0n) is 7.44. The third-order valence-electron chi connectivity index (χ3n) is 2.15. The molecule has 3 heterocycles. The lowest BCUT2D eigenvalue weighted by Crippen LogP contribution is -2.06. The van der Waals surface area contributed by atoms with E-state index in [9.17, 15) is 4.79 Å². The zero-order chi connectivity index (χ0) is 10.4. The standard InChI is InChI=1S/C9H5ClN4O/c10-5-1-2-6-13-7-8(14(6)3-5)11-4-12-9(7)15/h1-4H,(H,11,12,15). The molecule has 6 heteroatoms. The smallest absolute Gasteiger partial charge is 0.278 e. The molecular formula is C9H5ClN4O. The minimum absolute atomic E-state index is 0.250. The Labute approximate surface area is 88.4 Å². The fourth-order valence-electron chi connectivity index (χ4n) is 1.50. The van der Waals surface area contributed by atoms with Crippen molar-refractivity contribution in [1.29, 1.82) is 0 Å². The first-order chi connectivity index (χ1) is 7.25. The van der Waals surface area contributed by atoms with Crippen molar-refractivity contribution in [2.75, 3.05) is 0 Å². The molecule has 0 amide bonds. The molecule has 0 unspecified atom stereocenters. The molecule has 0 saturated carbocycles. The number of halogens is 1. The molecule has 0 spiro atoms. The van der Waals surface area contributed by atoms with Crippen molar-refractivity contribution in [2.45, 2.75) is 0 Å². The van der Waals surface area contributed by atoms with Crippen LogP contribution in [0.15, 0.2) is 29.5 Å². The van der Waals surface area contributed by atoms with E-state index in [0.29, 0.717) is 21.8 Å². The second kappa shape index (κ2) is 2.80. The topological polar surface area (TPSA) is 63.0 Å². The summed E-state index contributed by atoms with van der Waals surface area (Å²) in [6, 6.07) is 3.46. The summed E-state index contributed by atoms with van der Waals surface area (Å²) >= 11 is 5.85. The van der Waals surface area contributed by atoms with Crippen molar-refractivity contribution >= 4 is 28.4 Å². The number of aromatic amines is 1. The van der Waals surface area contributed by atoms with E-state index in [1.165, 1.54) is 6.33 Å². The van der Waals surface area contributed by atoms with E-state index in [2.05, 4.69) is 15.0 Å². The van der Waals surface area contributed by atoms with Gasteiger partial charge in [0, 0.05) is 6.20 Å². The molecule has 0 atom stereocenters. The Morgan fingerprint density at radius 3 is 3.13 bits per heavy atom. The van der Waals surface area contributed by atoms with E-state index in [1.54, 1.807) is 22.7 Å². The first kappa shape index (κ1) is 8.43. The molecule has 3 aromatic rings. The van der Waals surface area contributed by atoms with Crippen LogP contribution in [-0.4, -0.2) is 19.4 Å². The van der Waals surface area contributed by atoms with Gasteiger partial charge in [0.15, 0.2) is 11.2 Å². The summed E-state index contributed by atoms with van der Waals surface area (Å²) in [7, 11) is 0. The molecule has 0 radical (unpaired) electrons. The molecular weight excluding hydrogens is 216 g/mol. The lowest BCUT2D eigenvalue weighted by Gasteiger charge is -1.93. The van der Waals surface area contributed by atoms with E-state index >= 15 is 0 Å². The highest BCUT2D eigenvalue weighted by molar-refractivity contribution is 6.30. The van der Waals surface area contributed by atoms with Crippen molar-refractivity contribution in [3.05, 3.63) is 40.0 Å². The minimum atomic E-state index is -0.250. The van der Waals surface area contributed by atoms with Crippen LogP contribution in [0.25, 0.3) is 16.8 Å². The molecule has 3 aromatic heterocycles. The van der Waals surface area contributed by atoms with E-state index in [4.69, 9.17) is 11.6 Å². The normalized spacial score (nSPS) is 11.3. The Morgan fingerprint density at radius 2 is 2.27 bits per heavy atom. The summed E-state index contributed by atoms with van der Waals surface area (Å²) in [6.07, 6.45) is 3.03. The molecule has 0 aliphatic heterocycles. The average molecular weight is 221 g/mol. The first-order valence-corrected chi connectivity index (χ1v) is 4.64. The Morgan fingerprint density at radius 1 is 1.40 bits per heavy atom. The molecule has 1 N–H and O–H groups in total. The van der Waals surface area contributed by atoms with Crippen molar-refractivity contribution in [3.8, 4) is 0 Å². The predicted octanol–water partition coefficient (Wildman–Crippen LogP) is 1.22. The molecule has 5 nitrogen and oxygen atoms in total. The first-order valence-electron chi connectivity index (χ1n) is 4.27. The van der Waals surface area contributed by atoms with Crippen molar-refractivity contribution < 1.29 is 0 Å². The third kappa shape index (κ3) is 1.13. The van der Waals surface area contributed by atoms with Gasteiger partial charge in [0.1, 0.15) is 5.65 Å². The fraction of sp³-hybridized carbons (Fsp3) is 0. The molecule has 0 bridgehead atoms. The third-order valence-corrected chi connectivity index (χ3v) is 2.38. The Bertz CT molecular complexity index is 715. The second-order valence-electron chi connectivity index (χ2n) is 3.09. The van der Waals surface area contributed by atoms with Crippen molar-refractivity contribution in [2.24, 2.45) is 0 Å². The predicted molar refractivity (Wildman–Crippen MR) is 56.1 cm³/mol. The number of nitrogens with one attached hydrogen (secondary N) is 1. The maximum absolute atomic E-state index is 11.4. The average Bonchev–Trinajstić information content (AvgIpc) is 2.58. The number of aromatic nitrogens is 4. The summed E-state index contributed by atoms with van der Waals surface area (Å²) in [5, 5.41) is 0.573. The molecule has 0 aliphatic rings. The van der Waals surface area contributed by atoms with E-state index in [0.717, 1.165) is 0 Å². The lowest BCUT2D eigenvalue weighted by atomic mass is 10.5. The van der Waals surface area contributed by atoms with Crippen LogP contribution in [0, 0.1) is 0 Å². The van der Waals surface area contributed by atoms with Crippen LogP contribution in [0.5, 0.6) is 0 Å². The number of rotatable bonds is 0. The highest BCUT2D eigenvalue weighted by atomic mass is 35.5. The number of pyridine rings is 1. The van der Waals surface area contributed by atoms with Gasteiger partial charge in [0.05, 0.1) is 11.3 Å². The van der Waals surface area contributed by atoms with Gasteiger partial charge in [-0.2, -0.15) is 0 Å². The number of hydrogen-bond acceptors (Lipinski definition) is 3. The van der Waals surface area contributed by atoms with Gasteiger partial charge in [-0.3, -0.25) is 9.20 Å². The van der Waals surface area contributed by atoms with E-state index < -0.39 is 0 Å². The van der Waals surface area contributed by atoms with Gasteiger partial charge in [0.25, 0.3) is 5.56 Å². The summed E-state index contributed by atoms with van der Waals surface area (Å²) in [4.78, 5) is 22.1. The lowest BCUT2D eigenvalue weighted by molar-refractivity contribution is 1.12.